The topological polar surface area (TPSA) is 85.2 Å². The van der Waals surface area contributed by atoms with Crippen LogP contribution in [-0.4, -0.2) is 30.4 Å². The van der Waals surface area contributed by atoms with Crippen molar-refractivity contribution < 1.29 is 31.2 Å². The van der Waals surface area contributed by atoms with Gasteiger partial charge in [-0.3, -0.25) is 9.59 Å². The molecule has 0 saturated carbocycles. The highest BCUT2D eigenvalue weighted by molar-refractivity contribution is 7.90. The highest BCUT2D eigenvalue weighted by atomic mass is 32.2. The molecule has 0 atom stereocenters. The lowest BCUT2D eigenvalue weighted by atomic mass is 9.97. The van der Waals surface area contributed by atoms with Crippen LogP contribution < -0.4 is 4.72 Å². The monoisotopic (exact) mass is 514 g/mol. The molecule has 0 spiro atoms. The number of aromatic nitrogens is 1. The summed E-state index contributed by atoms with van der Waals surface area (Å²) >= 11 is 0. The van der Waals surface area contributed by atoms with E-state index in [-0.39, 0.29) is 44.3 Å². The normalized spacial score (nSPS) is 12.0. The number of halogens is 3. The number of ketones is 1. The highest BCUT2D eigenvalue weighted by Gasteiger charge is 2.39. The molecule has 0 saturated heterocycles. The Morgan fingerprint density at radius 2 is 1.50 bits per heavy atom. The number of alkyl halides is 3. The molecule has 1 aromatic heterocycles. The number of benzene rings is 3. The van der Waals surface area contributed by atoms with E-state index < -0.39 is 33.7 Å². The quantitative estimate of drug-likeness (QED) is 0.351. The summed E-state index contributed by atoms with van der Waals surface area (Å²) in [6, 6.07) is 19.7. The smallest absolute Gasteiger partial charge is 0.287 e. The first-order valence-corrected chi connectivity index (χ1v) is 12.6. The Labute approximate surface area is 205 Å². The molecule has 0 fully saturated rings. The van der Waals surface area contributed by atoms with Gasteiger partial charge >= 0.3 is 6.30 Å². The van der Waals surface area contributed by atoms with Gasteiger partial charge in [-0.05, 0) is 36.2 Å². The minimum atomic E-state index is -4.94. The molecule has 4 rings (SSSR count). The lowest BCUT2D eigenvalue weighted by molar-refractivity contribution is -0.201. The van der Waals surface area contributed by atoms with Gasteiger partial charge < -0.3 is 0 Å². The summed E-state index contributed by atoms with van der Waals surface area (Å²) in [5, 5.41) is 0.0250. The third-order valence-electron chi connectivity index (χ3n) is 5.69. The first kappa shape index (κ1) is 25.2. The molecule has 4 aromatic rings. The summed E-state index contributed by atoms with van der Waals surface area (Å²) < 4.78 is 68.8. The van der Waals surface area contributed by atoms with Crippen LogP contribution in [0.25, 0.3) is 10.9 Å². The molecule has 1 N–H and O–H groups in total. The molecular weight excluding hydrogens is 493 g/mol. The average molecular weight is 515 g/mol. The minimum absolute atomic E-state index is 0.0212. The van der Waals surface area contributed by atoms with E-state index in [0.717, 1.165) is 12.1 Å². The van der Waals surface area contributed by atoms with Crippen LogP contribution in [0.15, 0.2) is 78.9 Å². The Hall–Kier alpha value is -3.92. The van der Waals surface area contributed by atoms with Gasteiger partial charge in [-0.15, -0.1) is 13.2 Å². The molecule has 10 heteroatoms. The van der Waals surface area contributed by atoms with Crippen molar-refractivity contribution in [3.05, 3.63) is 107 Å². The fourth-order valence-corrected chi connectivity index (χ4v) is 4.52. The number of carbonyl (C=O) groups is 2. The van der Waals surface area contributed by atoms with E-state index in [1.54, 1.807) is 48.5 Å². The summed E-state index contributed by atoms with van der Waals surface area (Å²) in [6.45, 7) is 1.35. The zero-order valence-corrected chi connectivity index (χ0v) is 19.9. The van der Waals surface area contributed by atoms with Crippen molar-refractivity contribution in [2.75, 3.05) is 5.75 Å². The van der Waals surface area contributed by atoms with Crippen LogP contribution in [0, 0.1) is 0 Å². The Morgan fingerprint density at radius 3 is 2.08 bits per heavy atom. The average Bonchev–Trinajstić information content (AvgIpc) is 3.18. The van der Waals surface area contributed by atoms with E-state index in [9.17, 15) is 31.2 Å². The van der Waals surface area contributed by atoms with Gasteiger partial charge in [0.2, 0.25) is 15.8 Å². The molecule has 1 amide bonds. The van der Waals surface area contributed by atoms with Crippen LogP contribution in [0.2, 0.25) is 0 Å². The van der Waals surface area contributed by atoms with E-state index in [1.165, 1.54) is 25.1 Å². The fraction of sp³-hybridized carbons (Fsp3) is 0.154. The maximum absolute atomic E-state index is 14.4. The van der Waals surface area contributed by atoms with Crippen LogP contribution in [0.1, 0.15) is 44.5 Å². The van der Waals surface area contributed by atoms with E-state index in [0.29, 0.717) is 5.56 Å². The number of carbonyl (C=O) groups excluding carboxylic acids is 2. The molecule has 0 aliphatic carbocycles. The second-order valence-corrected chi connectivity index (χ2v) is 10.1. The molecule has 36 heavy (non-hydrogen) atoms. The van der Waals surface area contributed by atoms with E-state index in [4.69, 9.17) is 0 Å². The lowest BCUT2D eigenvalue weighted by Gasteiger charge is -2.15. The lowest BCUT2D eigenvalue weighted by Crippen LogP contribution is -2.31. The Bertz CT molecular complexity index is 1550. The standard InChI is InChI=1S/C26H21F3N2O4S/c1-2-36(34,35)30-25(33)19-13-14-22-20(16-19)21(15-17-9-5-3-6-10-17)23(31(22)26(27,28)29)24(32)18-11-7-4-8-12-18/h3-14,16H,2,15H2,1H3,(H,30,33). The second-order valence-electron chi connectivity index (χ2n) is 8.05. The second kappa shape index (κ2) is 9.62. The molecule has 0 unspecified atom stereocenters. The van der Waals surface area contributed by atoms with Gasteiger partial charge in [0.1, 0.15) is 5.69 Å². The van der Waals surface area contributed by atoms with Gasteiger partial charge in [0.25, 0.3) is 5.91 Å². The largest absolute Gasteiger partial charge is 0.489 e. The first-order valence-electron chi connectivity index (χ1n) is 10.9. The summed E-state index contributed by atoms with van der Waals surface area (Å²) in [7, 11) is -3.89. The van der Waals surface area contributed by atoms with Gasteiger partial charge in [-0.25, -0.2) is 17.7 Å². The van der Waals surface area contributed by atoms with Crippen molar-refractivity contribution >= 4 is 32.6 Å². The van der Waals surface area contributed by atoms with E-state index in [1.807, 2.05) is 4.72 Å². The van der Waals surface area contributed by atoms with Crippen molar-refractivity contribution in [1.29, 1.82) is 0 Å². The third kappa shape index (κ3) is 5.03. The van der Waals surface area contributed by atoms with Gasteiger partial charge in [0.15, 0.2) is 0 Å². The van der Waals surface area contributed by atoms with Crippen LogP contribution in [0.4, 0.5) is 13.2 Å². The molecule has 6 nitrogen and oxygen atoms in total. The molecule has 0 bridgehead atoms. The maximum Gasteiger partial charge on any atom is 0.489 e. The number of nitrogens with zero attached hydrogens (tertiary/aromatic N) is 1. The molecule has 3 aromatic carbocycles. The number of fused-ring (bicyclic) bond motifs is 1. The Balaban J connectivity index is 2.00. The number of sulfonamides is 1. The van der Waals surface area contributed by atoms with Crippen LogP contribution in [0.3, 0.4) is 0 Å². The van der Waals surface area contributed by atoms with Gasteiger partial charge in [-0.1, -0.05) is 60.7 Å². The number of rotatable bonds is 7. The van der Waals surface area contributed by atoms with Crippen LogP contribution >= 0.6 is 0 Å². The SMILES string of the molecule is CCS(=O)(=O)NC(=O)c1ccc2c(c1)c(Cc1ccccc1)c(C(=O)c1ccccc1)n2C(F)(F)F. The molecule has 0 radical (unpaired) electrons. The van der Waals surface area contributed by atoms with E-state index >= 15 is 0 Å². The highest BCUT2D eigenvalue weighted by Crippen LogP contribution is 2.37. The maximum atomic E-state index is 14.4. The Kier molecular flexibility index (Phi) is 6.73. The molecule has 1 heterocycles. The molecule has 186 valence electrons. The molecular formula is C26H21F3N2O4S. The molecule has 0 aliphatic heterocycles. The summed E-state index contributed by atoms with van der Waals surface area (Å²) in [6.07, 6.45) is -4.96. The zero-order valence-electron chi connectivity index (χ0n) is 19.0. The fourth-order valence-electron chi connectivity index (χ4n) is 3.98. The van der Waals surface area contributed by atoms with Gasteiger partial charge in [0.05, 0.1) is 11.3 Å². The van der Waals surface area contributed by atoms with Gasteiger partial charge in [-0.2, -0.15) is 0 Å². The number of nitrogens with one attached hydrogen (secondary N) is 1. The zero-order chi connectivity index (χ0) is 26.1. The summed E-state index contributed by atoms with van der Waals surface area (Å²) in [4.78, 5) is 26.1. The molecule has 0 aliphatic rings. The van der Waals surface area contributed by atoms with E-state index in [2.05, 4.69) is 0 Å². The first-order chi connectivity index (χ1) is 17.0. The number of hydrogen-bond donors (Lipinski definition) is 1. The summed E-state index contributed by atoms with van der Waals surface area (Å²) in [5.74, 6) is -2.14. The third-order valence-corrected chi connectivity index (χ3v) is 6.95. The minimum Gasteiger partial charge on any atom is -0.287 e. The van der Waals surface area contributed by atoms with Crippen LogP contribution in [0.5, 0.6) is 0 Å². The number of amides is 1. The van der Waals surface area contributed by atoms with Crippen molar-refractivity contribution in [1.82, 2.24) is 9.29 Å². The summed E-state index contributed by atoms with van der Waals surface area (Å²) in [5.41, 5.74) is -0.215. The Morgan fingerprint density at radius 1 is 0.889 bits per heavy atom. The van der Waals surface area contributed by atoms with Gasteiger partial charge in [0, 0.05) is 22.9 Å². The van der Waals surface area contributed by atoms with Crippen molar-refractivity contribution in [2.45, 2.75) is 19.6 Å². The predicted octanol–water partition coefficient (Wildman–Crippen LogP) is 5.02. The van der Waals surface area contributed by atoms with Crippen LogP contribution in [-0.2, 0) is 22.7 Å². The van der Waals surface area contributed by atoms with Crippen molar-refractivity contribution in [2.24, 2.45) is 0 Å². The number of hydrogen-bond acceptors (Lipinski definition) is 4. The predicted molar refractivity (Wildman–Crippen MR) is 129 cm³/mol. The van der Waals surface area contributed by atoms with Crippen molar-refractivity contribution in [3.63, 3.8) is 0 Å². The van der Waals surface area contributed by atoms with Crippen molar-refractivity contribution in [3.8, 4) is 0 Å².